The number of carbonyl (C=O) groups excluding carboxylic acids is 6. The molecule has 672 valence electrons. The fraction of sp³-hybridized carbons (Fsp3) is 0.413. The molecule has 0 aliphatic carbocycles. The first-order valence-electron chi connectivity index (χ1n) is 42.5. The SMILES string of the molecule is CC(=O)N1CCC(C(=O)c2c[nH]c3cc(F)ccc23)CC1.CC(=O)N1CCC(c2c[nH]c3ccccc23)CC1CO.CC(=O)N1CCN(C(=O)c2c[nH]c3cc(F)ccc23)CC1.CS(=O)(=O)N1CCC(C(=O)c2c[nH]c3cc(F)ccc23)CC1.CS(=O)(=O)N1CCC(CO)(c2c[nH]c3ccccc23)CC1.CS(=O)(=O)N1CCC(c2c[nH]c3ccccc23)CC1CO. The first-order chi connectivity index (χ1) is 60.1. The highest BCUT2D eigenvalue weighted by atomic mass is 32.2. The lowest BCUT2D eigenvalue weighted by Crippen LogP contribution is -2.50. The van der Waals surface area contributed by atoms with E-state index in [1.54, 1.807) is 70.2 Å². The van der Waals surface area contributed by atoms with Gasteiger partial charge in [-0.2, -0.15) is 4.31 Å². The van der Waals surface area contributed by atoms with E-state index in [1.807, 2.05) is 67.0 Å². The van der Waals surface area contributed by atoms with E-state index < -0.39 is 30.1 Å². The fourth-order valence-electron chi connectivity index (χ4n) is 18.6. The van der Waals surface area contributed by atoms with Crippen LogP contribution in [0.3, 0.4) is 0 Å². The van der Waals surface area contributed by atoms with Crippen LogP contribution < -0.4 is 0 Å². The summed E-state index contributed by atoms with van der Waals surface area (Å²) in [5.41, 5.74) is 10.1. The van der Waals surface area contributed by atoms with Crippen LogP contribution in [0.5, 0.6) is 0 Å². The van der Waals surface area contributed by atoms with Crippen molar-refractivity contribution in [2.75, 3.05) is 117 Å². The number of amides is 4. The van der Waals surface area contributed by atoms with Gasteiger partial charge in [0.2, 0.25) is 47.8 Å². The molecule has 4 unspecified atom stereocenters. The Morgan fingerprint density at radius 1 is 0.389 bits per heavy atom. The zero-order valence-corrected chi connectivity index (χ0v) is 73.9. The number of H-pyrrole nitrogens is 6. The number of piperidine rings is 5. The first-order valence-corrected chi connectivity index (χ1v) is 48.0. The van der Waals surface area contributed by atoms with Gasteiger partial charge in [0.1, 0.15) is 17.5 Å². The number of nitrogens with zero attached hydrogens (tertiary/aromatic N) is 7. The lowest BCUT2D eigenvalue weighted by molar-refractivity contribution is -0.134. The molecule has 0 radical (unpaired) electrons. The van der Waals surface area contributed by atoms with Crippen LogP contribution in [0.1, 0.15) is 145 Å². The fourth-order valence-corrected chi connectivity index (χ4v) is 21.4. The van der Waals surface area contributed by atoms with Gasteiger partial charge in [-0.3, -0.25) is 28.8 Å². The number of fused-ring (bicyclic) bond motifs is 6. The molecule has 0 spiro atoms. The zero-order chi connectivity index (χ0) is 90.1. The molecule has 6 fully saturated rings. The molecule has 6 saturated heterocycles. The maximum absolute atomic E-state index is 13.2. The maximum atomic E-state index is 13.2. The summed E-state index contributed by atoms with van der Waals surface area (Å²) in [6.45, 7) is 10.9. The Hall–Kier alpha value is -10.8. The van der Waals surface area contributed by atoms with Crippen LogP contribution in [0.4, 0.5) is 13.2 Å². The predicted molar refractivity (Wildman–Crippen MR) is 480 cm³/mol. The number of benzene rings is 6. The largest absolute Gasteiger partial charge is 0.395 e. The van der Waals surface area contributed by atoms with Gasteiger partial charge in [0.15, 0.2) is 11.6 Å². The summed E-state index contributed by atoms with van der Waals surface area (Å²) in [7, 11) is -9.60. The molecule has 9 N–H and O–H groups in total. The number of aliphatic hydroxyl groups is 3. The number of ketones is 2. The molecular formula is C92H110F3N13O15S3. The van der Waals surface area contributed by atoms with E-state index in [4.69, 9.17) is 0 Å². The van der Waals surface area contributed by atoms with Crippen molar-refractivity contribution in [2.45, 2.75) is 114 Å². The van der Waals surface area contributed by atoms with E-state index >= 15 is 0 Å². The van der Waals surface area contributed by atoms with Crippen LogP contribution in [0.25, 0.3) is 65.4 Å². The Morgan fingerprint density at radius 2 is 0.770 bits per heavy atom. The van der Waals surface area contributed by atoms with Gasteiger partial charge in [0.25, 0.3) is 5.91 Å². The van der Waals surface area contributed by atoms with Crippen molar-refractivity contribution in [2.24, 2.45) is 11.8 Å². The quantitative estimate of drug-likeness (QED) is 0.0457. The van der Waals surface area contributed by atoms with Crippen molar-refractivity contribution < 1.29 is 82.5 Å². The number of rotatable bonds is 14. The van der Waals surface area contributed by atoms with Crippen molar-refractivity contribution in [1.29, 1.82) is 0 Å². The van der Waals surface area contributed by atoms with Crippen molar-refractivity contribution in [3.8, 4) is 0 Å². The molecule has 126 heavy (non-hydrogen) atoms. The zero-order valence-electron chi connectivity index (χ0n) is 71.5. The Kier molecular flexibility index (Phi) is 29.5. The number of aromatic nitrogens is 6. The van der Waals surface area contributed by atoms with Gasteiger partial charge in [-0.15, -0.1) is 0 Å². The third-order valence-corrected chi connectivity index (χ3v) is 29.6. The second kappa shape index (κ2) is 40.0. The van der Waals surface area contributed by atoms with Gasteiger partial charge in [-0.05, 0) is 166 Å². The Morgan fingerprint density at radius 3 is 1.21 bits per heavy atom. The van der Waals surface area contributed by atoms with E-state index in [1.165, 1.54) is 96.9 Å². The molecule has 6 aliphatic heterocycles. The first kappa shape index (κ1) is 92.8. The normalized spacial score (nSPS) is 19.5. The number of piperazine rings is 1. The molecule has 0 bridgehead atoms. The minimum absolute atomic E-state index is 0.00832. The highest BCUT2D eigenvalue weighted by Gasteiger charge is 2.41. The van der Waals surface area contributed by atoms with E-state index in [0.29, 0.717) is 161 Å². The van der Waals surface area contributed by atoms with Crippen LogP contribution in [-0.2, 0) is 49.9 Å². The molecule has 12 aromatic rings. The second-order valence-corrected chi connectivity index (χ2v) is 39.4. The average molecular weight is 1790 g/mol. The van der Waals surface area contributed by atoms with Gasteiger partial charge in [-0.1, -0.05) is 54.6 Å². The van der Waals surface area contributed by atoms with Crippen LogP contribution >= 0.6 is 0 Å². The molecule has 28 nitrogen and oxygen atoms in total. The smallest absolute Gasteiger partial charge is 0.256 e. The highest BCUT2D eigenvalue weighted by molar-refractivity contribution is 7.88. The van der Waals surface area contributed by atoms with Crippen LogP contribution in [0.15, 0.2) is 165 Å². The summed E-state index contributed by atoms with van der Waals surface area (Å²) < 4.78 is 114. The van der Waals surface area contributed by atoms with Gasteiger partial charge >= 0.3 is 0 Å². The van der Waals surface area contributed by atoms with Crippen molar-refractivity contribution in [1.82, 2.24) is 62.4 Å². The summed E-state index contributed by atoms with van der Waals surface area (Å²) in [5.74, 6) is -0.457. The maximum Gasteiger partial charge on any atom is 0.256 e. The van der Waals surface area contributed by atoms with Crippen molar-refractivity contribution >= 4 is 131 Å². The number of carbonyl (C=O) groups is 6. The second-order valence-electron chi connectivity index (χ2n) is 33.5. The molecule has 4 amide bonds. The topological polar surface area (TPSA) is 383 Å². The van der Waals surface area contributed by atoms with Gasteiger partial charge in [0.05, 0.1) is 50.2 Å². The van der Waals surface area contributed by atoms with Gasteiger partial charge in [-0.25, -0.2) is 47.0 Å². The average Bonchev–Trinajstić information content (AvgIpc) is 1.55. The van der Waals surface area contributed by atoms with Crippen molar-refractivity contribution in [3.05, 3.63) is 215 Å². The predicted octanol–water partition coefficient (Wildman–Crippen LogP) is 11.9. The number of aromatic amines is 6. The summed E-state index contributed by atoms with van der Waals surface area (Å²) in [6, 6.07) is 37.0. The lowest BCUT2D eigenvalue weighted by atomic mass is 9.74. The molecule has 6 aliphatic rings. The standard InChI is InChI=1S/C16H17FN2O2.C16H20N2O2.C15H16FN3O2.C15H17FN2O3S.2C15H20N2O3S/c1-10(20)19-6-4-11(5-7-19)16(21)14-9-18-15-8-12(17)2-3-13(14)15;1-11(20)18-7-6-12(8-13(18)10-19)15-9-17-16-5-3-2-4-14(15)16;1-10(20)18-4-6-19(7-5-18)15(21)13-9-17-14-8-11(16)2-3-12(13)14;1-22(20,21)18-6-4-10(5-7-18)15(19)13-9-17-14-8-11(16)2-3-12(13)14;1-21(19,20)17-8-6-15(11-18,7-9-17)13-10-16-14-5-3-2-4-12(13)14;1-21(19,20)17-7-6-11(8-12(17)10-18)14-9-16-15-5-3-2-4-13(14)15/h2-3,8-9,11,18H,4-7H2,1H3;2-5,9,12-13,17,19H,6-8,10H2,1H3;2-3,8-9,17H,4-7H2,1H3;2-3,8-10,17H,4-7H2,1H3;2-5,10,16,18H,6-9,11H2,1H3;2-5,9,11-12,16,18H,6-8,10H2,1H3. The Balaban J connectivity index is 0.000000130. The minimum atomic E-state index is -3.26. The Labute approximate surface area is 730 Å². The molecule has 4 atom stereocenters. The minimum Gasteiger partial charge on any atom is -0.395 e. The third-order valence-electron chi connectivity index (χ3n) is 25.7. The lowest BCUT2D eigenvalue weighted by Gasteiger charge is -2.39. The van der Waals surface area contributed by atoms with E-state index in [9.17, 15) is 82.5 Å². The van der Waals surface area contributed by atoms with Crippen LogP contribution in [0, 0.1) is 29.3 Å². The number of hydrogen-bond donors (Lipinski definition) is 9. The highest BCUT2D eigenvalue weighted by Crippen LogP contribution is 2.42. The van der Waals surface area contributed by atoms with Gasteiger partial charge in [0, 0.05) is 236 Å². The number of Topliss-reactive ketones (excluding diaryl/α,β-unsaturated/α-hetero) is 2. The van der Waals surface area contributed by atoms with E-state index in [-0.39, 0.29) is 108 Å². The van der Waals surface area contributed by atoms with E-state index in [2.05, 4.69) is 54.3 Å². The van der Waals surface area contributed by atoms with E-state index in [0.717, 1.165) is 64.1 Å². The molecule has 6 aromatic heterocycles. The molecular weight excluding hydrogens is 1680 g/mol. The number of nitrogens with one attached hydrogen (secondary N) is 6. The number of hydrogen-bond acceptors (Lipinski definition) is 15. The van der Waals surface area contributed by atoms with Crippen LogP contribution in [-0.4, -0.2) is 267 Å². The molecule has 6 aromatic carbocycles. The number of sulfonamides is 3. The number of aliphatic hydroxyl groups excluding tert-OH is 3. The van der Waals surface area contributed by atoms with Crippen LogP contribution in [0.2, 0.25) is 0 Å². The summed E-state index contributed by atoms with van der Waals surface area (Å²) in [6.07, 6.45) is 21.5. The molecule has 0 saturated carbocycles. The number of para-hydroxylation sites is 3. The monoisotopic (exact) mass is 1790 g/mol. The summed E-state index contributed by atoms with van der Waals surface area (Å²) in [4.78, 5) is 97.6. The molecule has 18 rings (SSSR count). The number of likely N-dealkylation sites (tertiary alicyclic amines) is 2. The summed E-state index contributed by atoms with van der Waals surface area (Å²) >= 11 is 0. The van der Waals surface area contributed by atoms with Crippen molar-refractivity contribution in [3.63, 3.8) is 0 Å². The Bertz CT molecular complexity index is 6150. The number of halogens is 3. The summed E-state index contributed by atoms with van der Waals surface area (Å²) in [5, 5.41) is 34.8. The molecule has 34 heteroatoms. The molecule has 12 heterocycles. The van der Waals surface area contributed by atoms with Gasteiger partial charge < -0.3 is 64.8 Å². The third kappa shape index (κ3) is 21.4.